The molecular formula is C16H19N3O2. The monoisotopic (exact) mass is 285 g/mol. The molecule has 0 aliphatic heterocycles. The third-order valence-electron chi connectivity index (χ3n) is 3.24. The molecule has 0 radical (unpaired) electrons. The van der Waals surface area contributed by atoms with Crippen molar-refractivity contribution in [2.24, 2.45) is 0 Å². The normalized spacial score (nSPS) is 11.7. The minimum absolute atomic E-state index is 0.0624. The highest BCUT2D eigenvalue weighted by atomic mass is 16.2. The topological polar surface area (TPSA) is 66.1 Å². The van der Waals surface area contributed by atoms with Crippen LogP contribution in [0.1, 0.15) is 26.1 Å². The fourth-order valence-corrected chi connectivity index (χ4v) is 2.20. The Morgan fingerprint density at radius 2 is 2.10 bits per heavy atom. The summed E-state index contributed by atoms with van der Waals surface area (Å²) in [5, 5.41) is 0.553. The van der Waals surface area contributed by atoms with Crippen LogP contribution in [0.5, 0.6) is 0 Å². The maximum atomic E-state index is 12.1. The summed E-state index contributed by atoms with van der Waals surface area (Å²) < 4.78 is 0. The third kappa shape index (κ3) is 3.37. The quantitative estimate of drug-likeness (QED) is 0.876. The van der Waals surface area contributed by atoms with E-state index in [-0.39, 0.29) is 18.0 Å². The van der Waals surface area contributed by atoms with Gasteiger partial charge in [0.05, 0.1) is 17.4 Å². The molecule has 1 N–H and O–H groups in total. The minimum Gasteiger partial charge on any atom is -0.335 e. The number of aromatic amines is 1. The number of amides is 1. The lowest BCUT2D eigenvalue weighted by Crippen LogP contribution is -2.28. The van der Waals surface area contributed by atoms with E-state index in [1.807, 2.05) is 19.1 Å². The smallest absolute Gasteiger partial charge is 0.258 e. The molecule has 5 nitrogen and oxygen atoms in total. The first kappa shape index (κ1) is 15.0. The van der Waals surface area contributed by atoms with Crippen molar-refractivity contribution in [1.29, 1.82) is 0 Å². The van der Waals surface area contributed by atoms with E-state index in [0.717, 1.165) is 6.42 Å². The Morgan fingerprint density at radius 1 is 1.38 bits per heavy atom. The van der Waals surface area contributed by atoms with Crippen LogP contribution in [0.3, 0.4) is 0 Å². The van der Waals surface area contributed by atoms with E-state index in [9.17, 15) is 9.59 Å². The number of carbonyl (C=O) groups excluding carboxylic acids is 1. The fourth-order valence-electron chi connectivity index (χ4n) is 2.20. The van der Waals surface area contributed by atoms with E-state index in [4.69, 9.17) is 0 Å². The summed E-state index contributed by atoms with van der Waals surface area (Å²) >= 11 is 0. The molecule has 5 heteroatoms. The minimum atomic E-state index is -0.183. The first-order chi connectivity index (χ1) is 10.0. The van der Waals surface area contributed by atoms with Crippen molar-refractivity contribution in [3.8, 4) is 0 Å². The second kappa shape index (κ2) is 6.35. The molecule has 0 atom stereocenters. The molecule has 0 unspecified atom stereocenters. The highest BCUT2D eigenvalue weighted by molar-refractivity contribution is 5.92. The van der Waals surface area contributed by atoms with Gasteiger partial charge in [-0.2, -0.15) is 0 Å². The Balaban J connectivity index is 2.26. The molecule has 0 saturated carbocycles. The Morgan fingerprint density at radius 3 is 2.81 bits per heavy atom. The first-order valence-electron chi connectivity index (χ1n) is 6.93. The van der Waals surface area contributed by atoms with Gasteiger partial charge in [-0.15, -0.1) is 0 Å². The van der Waals surface area contributed by atoms with E-state index in [2.05, 4.69) is 9.97 Å². The maximum absolute atomic E-state index is 12.1. The van der Waals surface area contributed by atoms with Crippen LogP contribution in [0.15, 0.2) is 40.7 Å². The fraction of sp³-hybridized carbons (Fsp3) is 0.312. The molecule has 110 valence electrons. The van der Waals surface area contributed by atoms with Gasteiger partial charge < -0.3 is 9.88 Å². The molecule has 0 saturated heterocycles. The van der Waals surface area contributed by atoms with Gasteiger partial charge in [-0.3, -0.25) is 9.59 Å². The van der Waals surface area contributed by atoms with Crippen LogP contribution < -0.4 is 5.56 Å². The van der Waals surface area contributed by atoms with Gasteiger partial charge in [-0.1, -0.05) is 25.1 Å². The number of H-pyrrole nitrogens is 1. The molecule has 2 rings (SSSR count). The molecule has 0 fully saturated rings. The van der Waals surface area contributed by atoms with Crippen LogP contribution in [0.4, 0.5) is 0 Å². The number of nitrogens with zero attached hydrogens (tertiary/aromatic N) is 2. The number of aromatic nitrogens is 2. The average molecular weight is 285 g/mol. The zero-order valence-electron chi connectivity index (χ0n) is 12.5. The van der Waals surface area contributed by atoms with Gasteiger partial charge in [0.1, 0.15) is 5.82 Å². The maximum Gasteiger partial charge on any atom is 0.258 e. The number of hydrogen-bond acceptors (Lipinski definition) is 3. The van der Waals surface area contributed by atoms with Gasteiger partial charge in [0.2, 0.25) is 5.91 Å². The van der Waals surface area contributed by atoms with Gasteiger partial charge in [0.15, 0.2) is 0 Å². The van der Waals surface area contributed by atoms with Gasteiger partial charge in [-0.25, -0.2) is 4.98 Å². The summed E-state index contributed by atoms with van der Waals surface area (Å²) in [4.78, 5) is 32.8. The number of allylic oxidation sites excluding steroid dienone is 1. The summed E-state index contributed by atoms with van der Waals surface area (Å²) in [5.41, 5.74) is 1.15. The van der Waals surface area contributed by atoms with Crippen molar-refractivity contribution in [3.63, 3.8) is 0 Å². The van der Waals surface area contributed by atoms with Crippen LogP contribution in [0.25, 0.3) is 10.9 Å². The summed E-state index contributed by atoms with van der Waals surface area (Å²) in [6, 6.07) is 7.15. The Bertz CT molecular complexity index is 747. The van der Waals surface area contributed by atoms with Crippen molar-refractivity contribution in [2.75, 3.05) is 7.05 Å². The number of likely N-dealkylation sites (N-methyl/N-ethyl adjacent to an activating group) is 1. The van der Waals surface area contributed by atoms with E-state index in [0.29, 0.717) is 22.3 Å². The second-order valence-corrected chi connectivity index (χ2v) is 4.99. The molecule has 1 heterocycles. The lowest BCUT2D eigenvalue weighted by Gasteiger charge is -2.17. The van der Waals surface area contributed by atoms with E-state index in [1.165, 1.54) is 0 Å². The van der Waals surface area contributed by atoms with Crippen LogP contribution in [-0.2, 0) is 11.3 Å². The molecule has 1 aromatic carbocycles. The van der Waals surface area contributed by atoms with Crippen LogP contribution >= 0.6 is 0 Å². The number of fused-ring (bicyclic) bond motifs is 1. The van der Waals surface area contributed by atoms with Gasteiger partial charge >= 0.3 is 0 Å². The zero-order valence-corrected chi connectivity index (χ0v) is 12.5. The standard InChI is InChI=1S/C16H19N3O2/c1-4-7-11(2)16(21)19(3)10-14-17-13-9-6-5-8-12(13)15(20)18-14/h5-9H,4,10H2,1-3H3,(H,17,18,20)/b11-7+. The molecule has 0 spiro atoms. The van der Waals surface area contributed by atoms with E-state index < -0.39 is 0 Å². The lowest BCUT2D eigenvalue weighted by atomic mass is 10.2. The largest absolute Gasteiger partial charge is 0.335 e. The third-order valence-corrected chi connectivity index (χ3v) is 3.24. The number of para-hydroxylation sites is 1. The van der Waals surface area contributed by atoms with Crippen molar-refractivity contribution >= 4 is 16.8 Å². The van der Waals surface area contributed by atoms with Crippen LogP contribution in [0.2, 0.25) is 0 Å². The average Bonchev–Trinajstić information content (AvgIpc) is 2.46. The number of rotatable bonds is 4. The molecule has 21 heavy (non-hydrogen) atoms. The summed E-state index contributed by atoms with van der Waals surface area (Å²) in [7, 11) is 1.70. The second-order valence-electron chi connectivity index (χ2n) is 4.99. The van der Waals surface area contributed by atoms with Crippen molar-refractivity contribution in [2.45, 2.75) is 26.8 Å². The summed E-state index contributed by atoms with van der Waals surface area (Å²) in [6.07, 6.45) is 2.70. The van der Waals surface area contributed by atoms with Crippen LogP contribution in [0, 0.1) is 0 Å². The first-order valence-corrected chi connectivity index (χ1v) is 6.93. The summed E-state index contributed by atoms with van der Waals surface area (Å²) in [5.74, 6) is 0.423. The van der Waals surface area contributed by atoms with Gasteiger partial charge in [-0.05, 0) is 25.5 Å². The van der Waals surface area contributed by atoms with Crippen molar-refractivity contribution in [1.82, 2.24) is 14.9 Å². The molecular weight excluding hydrogens is 266 g/mol. The number of carbonyl (C=O) groups is 1. The molecule has 1 amide bonds. The Labute approximate surface area is 123 Å². The SMILES string of the molecule is CC/C=C(\C)C(=O)N(C)Cc1nc2ccccc2c(=O)[nH]1. The Hall–Kier alpha value is -2.43. The lowest BCUT2D eigenvalue weighted by molar-refractivity contribution is -0.126. The van der Waals surface area contributed by atoms with E-state index >= 15 is 0 Å². The Kier molecular flexibility index (Phi) is 4.52. The molecule has 2 aromatic rings. The molecule has 0 bridgehead atoms. The zero-order chi connectivity index (χ0) is 15.4. The highest BCUT2D eigenvalue weighted by Crippen LogP contribution is 2.08. The number of hydrogen-bond donors (Lipinski definition) is 1. The predicted molar refractivity (Wildman–Crippen MR) is 82.9 cm³/mol. The highest BCUT2D eigenvalue weighted by Gasteiger charge is 2.12. The van der Waals surface area contributed by atoms with Crippen LogP contribution in [-0.4, -0.2) is 27.8 Å². The van der Waals surface area contributed by atoms with Gasteiger partial charge in [0.25, 0.3) is 5.56 Å². The van der Waals surface area contributed by atoms with Gasteiger partial charge in [0, 0.05) is 12.6 Å². The number of benzene rings is 1. The molecule has 1 aromatic heterocycles. The van der Waals surface area contributed by atoms with Crippen molar-refractivity contribution < 1.29 is 4.79 Å². The molecule has 0 aliphatic rings. The number of nitrogens with one attached hydrogen (secondary N) is 1. The molecule has 0 aliphatic carbocycles. The summed E-state index contributed by atoms with van der Waals surface area (Å²) in [6.45, 7) is 4.05. The van der Waals surface area contributed by atoms with E-state index in [1.54, 1.807) is 37.1 Å². The predicted octanol–water partition coefficient (Wildman–Crippen LogP) is 2.24. The van der Waals surface area contributed by atoms with Crippen molar-refractivity contribution in [3.05, 3.63) is 52.1 Å².